The minimum absolute atomic E-state index is 0.0135. The van der Waals surface area contributed by atoms with E-state index in [9.17, 15) is 9.90 Å². The van der Waals surface area contributed by atoms with Crippen LogP contribution in [0.4, 0.5) is 0 Å². The standard InChI is InChI=1S/C17H22N2O2S/c18-9-12-5-3-6-13(12)17(21)19-10-14(20)16-8-11-4-1-2-7-15(11)22-16/h1-2,4,7-8,12-14,20H,3,5-6,9-10,18H2,(H,19,21)/t12-,13-,14?/m1/s1. The van der Waals surface area contributed by atoms with Gasteiger partial charge >= 0.3 is 0 Å². The smallest absolute Gasteiger partial charge is 0.223 e. The molecule has 0 saturated heterocycles. The summed E-state index contributed by atoms with van der Waals surface area (Å²) in [5, 5.41) is 14.3. The fraction of sp³-hybridized carbons (Fsp3) is 0.471. The van der Waals surface area contributed by atoms with Crippen molar-refractivity contribution in [2.75, 3.05) is 13.1 Å². The maximum absolute atomic E-state index is 12.2. The lowest BCUT2D eigenvalue weighted by Gasteiger charge is -2.18. The van der Waals surface area contributed by atoms with Gasteiger partial charge in [-0.25, -0.2) is 0 Å². The van der Waals surface area contributed by atoms with Gasteiger partial charge in [-0.1, -0.05) is 24.6 Å². The number of nitrogens with two attached hydrogens (primary N) is 1. The van der Waals surface area contributed by atoms with Crippen LogP contribution in [-0.4, -0.2) is 24.1 Å². The topological polar surface area (TPSA) is 75.4 Å². The quantitative estimate of drug-likeness (QED) is 0.792. The molecule has 1 fully saturated rings. The Morgan fingerprint density at radius 1 is 1.41 bits per heavy atom. The number of thiophene rings is 1. The lowest BCUT2D eigenvalue weighted by molar-refractivity contribution is -0.126. The van der Waals surface area contributed by atoms with E-state index in [1.165, 1.54) is 0 Å². The molecule has 3 atom stereocenters. The van der Waals surface area contributed by atoms with E-state index in [2.05, 4.69) is 5.32 Å². The molecule has 1 aromatic heterocycles. The molecule has 22 heavy (non-hydrogen) atoms. The number of benzene rings is 1. The third kappa shape index (κ3) is 3.16. The molecular formula is C17H22N2O2S. The molecule has 0 spiro atoms. The molecule has 1 unspecified atom stereocenters. The normalized spacial score (nSPS) is 22.8. The SMILES string of the molecule is NC[C@H]1CCC[C@H]1C(=O)NCC(O)c1cc2ccccc2s1. The molecule has 0 bridgehead atoms. The van der Waals surface area contributed by atoms with E-state index in [0.717, 1.165) is 34.2 Å². The molecule has 1 saturated carbocycles. The van der Waals surface area contributed by atoms with Gasteiger partial charge in [-0.3, -0.25) is 4.79 Å². The molecule has 4 N–H and O–H groups in total. The van der Waals surface area contributed by atoms with E-state index in [-0.39, 0.29) is 18.4 Å². The lowest BCUT2D eigenvalue weighted by Crippen LogP contribution is -2.37. The van der Waals surface area contributed by atoms with Crippen molar-refractivity contribution >= 4 is 27.3 Å². The maximum atomic E-state index is 12.2. The van der Waals surface area contributed by atoms with Crippen molar-refractivity contribution in [2.45, 2.75) is 25.4 Å². The Morgan fingerprint density at radius 2 is 2.23 bits per heavy atom. The minimum atomic E-state index is -0.654. The zero-order chi connectivity index (χ0) is 15.5. The van der Waals surface area contributed by atoms with E-state index < -0.39 is 6.10 Å². The van der Waals surface area contributed by atoms with Gasteiger partial charge in [0.15, 0.2) is 0 Å². The summed E-state index contributed by atoms with van der Waals surface area (Å²) in [5.41, 5.74) is 5.72. The molecule has 0 radical (unpaired) electrons. The van der Waals surface area contributed by atoms with Crippen LogP contribution >= 0.6 is 11.3 Å². The number of rotatable bonds is 5. The highest BCUT2D eigenvalue weighted by atomic mass is 32.1. The summed E-state index contributed by atoms with van der Waals surface area (Å²) < 4.78 is 1.15. The fourth-order valence-electron chi connectivity index (χ4n) is 3.26. The number of hydrogen-bond donors (Lipinski definition) is 3. The van der Waals surface area contributed by atoms with Gasteiger partial charge < -0.3 is 16.2 Å². The molecule has 1 aromatic carbocycles. The summed E-state index contributed by atoms with van der Waals surface area (Å²) in [4.78, 5) is 13.1. The predicted octanol–water partition coefficient (Wildman–Crippen LogP) is 2.43. The fourth-order valence-corrected chi connectivity index (χ4v) is 4.31. The van der Waals surface area contributed by atoms with E-state index in [0.29, 0.717) is 12.5 Å². The maximum Gasteiger partial charge on any atom is 0.223 e. The number of hydrogen-bond acceptors (Lipinski definition) is 4. The predicted molar refractivity (Wildman–Crippen MR) is 89.7 cm³/mol. The molecule has 5 heteroatoms. The van der Waals surface area contributed by atoms with E-state index >= 15 is 0 Å². The average molecular weight is 318 g/mol. The number of carbonyl (C=O) groups excluding carboxylic acids is 1. The first-order chi connectivity index (χ1) is 10.7. The zero-order valence-corrected chi connectivity index (χ0v) is 13.3. The molecule has 118 valence electrons. The molecule has 0 aliphatic heterocycles. The van der Waals surface area contributed by atoms with Crippen LogP contribution in [0.5, 0.6) is 0 Å². The molecule has 1 aliphatic carbocycles. The Bertz CT molecular complexity index is 622. The Hall–Kier alpha value is -1.43. The van der Waals surface area contributed by atoms with Crippen LogP contribution in [0, 0.1) is 11.8 Å². The van der Waals surface area contributed by atoms with Crippen LogP contribution in [0.2, 0.25) is 0 Å². The Balaban J connectivity index is 1.59. The van der Waals surface area contributed by atoms with Crippen molar-refractivity contribution in [1.82, 2.24) is 5.32 Å². The second kappa shape index (κ2) is 6.77. The highest BCUT2D eigenvalue weighted by molar-refractivity contribution is 7.19. The van der Waals surface area contributed by atoms with E-state index in [4.69, 9.17) is 5.73 Å². The van der Waals surface area contributed by atoms with Crippen molar-refractivity contribution in [3.05, 3.63) is 35.2 Å². The Kier molecular flexibility index (Phi) is 4.76. The number of carbonyl (C=O) groups is 1. The van der Waals surface area contributed by atoms with E-state index in [1.54, 1.807) is 11.3 Å². The van der Waals surface area contributed by atoms with Gasteiger partial charge in [0.05, 0.1) is 0 Å². The highest BCUT2D eigenvalue weighted by Crippen LogP contribution is 2.32. The van der Waals surface area contributed by atoms with Gasteiger partial charge in [0.2, 0.25) is 5.91 Å². The van der Waals surface area contributed by atoms with Crippen LogP contribution in [0.1, 0.15) is 30.2 Å². The molecule has 1 aliphatic rings. The molecular weight excluding hydrogens is 296 g/mol. The van der Waals surface area contributed by atoms with Crippen molar-refractivity contribution in [3.63, 3.8) is 0 Å². The summed E-state index contributed by atoms with van der Waals surface area (Å²) >= 11 is 1.57. The minimum Gasteiger partial charge on any atom is -0.386 e. The molecule has 2 aromatic rings. The van der Waals surface area contributed by atoms with Gasteiger partial charge in [-0.05, 0) is 42.8 Å². The first-order valence-electron chi connectivity index (χ1n) is 7.83. The zero-order valence-electron chi connectivity index (χ0n) is 12.5. The number of fused-ring (bicyclic) bond motifs is 1. The average Bonchev–Trinajstić information content (AvgIpc) is 3.17. The molecule has 1 amide bonds. The number of aliphatic hydroxyl groups excluding tert-OH is 1. The van der Waals surface area contributed by atoms with Crippen molar-refractivity contribution in [2.24, 2.45) is 17.6 Å². The number of amides is 1. The first-order valence-corrected chi connectivity index (χ1v) is 8.65. The summed E-state index contributed by atoms with van der Waals surface area (Å²) in [6.07, 6.45) is 2.36. The van der Waals surface area contributed by atoms with Crippen LogP contribution < -0.4 is 11.1 Å². The van der Waals surface area contributed by atoms with Crippen LogP contribution in [0.3, 0.4) is 0 Å². The number of nitrogens with one attached hydrogen (secondary N) is 1. The summed E-state index contributed by atoms with van der Waals surface area (Å²) in [7, 11) is 0. The molecule has 3 rings (SSSR count). The third-order valence-electron chi connectivity index (χ3n) is 4.54. The second-order valence-electron chi connectivity index (χ2n) is 5.98. The lowest BCUT2D eigenvalue weighted by atomic mass is 9.95. The largest absolute Gasteiger partial charge is 0.386 e. The van der Waals surface area contributed by atoms with Crippen molar-refractivity contribution in [1.29, 1.82) is 0 Å². The molecule has 1 heterocycles. The summed E-state index contributed by atoms with van der Waals surface area (Å²) in [6, 6.07) is 10.0. The first kappa shape index (κ1) is 15.5. The van der Waals surface area contributed by atoms with Gasteiger partial charge in [0.1, 0.15) is 6.10 Å². The Morgan fingerprint density at radius 3 is 3.00 bits per heavy atom. The van der Waals surface area contributed by atoms with Crippen molar-refractivity contribution in [3.8, 4) is 0 Å². The van der Waals surface area contributed by atoms with E-state index in [1.807, 2.05) is 30.3 Å². The third-order valence-corrected chi connectivity index (χ3v) is 5.76. The van der Waals surface area contributed by atoms with Crippen molar-refractivity contribution < 1.29 is 9.90 Å². The monoisotopic (exact) mass is 318 g/mol. The molecule has 4 nitrogen and oxygen atoms in total. The number of aliphatic hydroxyl groups is 1. The Labute approximate surface area is 134 Å². The van der Waals surface area contributed by atoms with Gasteiger partial charge in [-0.15, -0.1) is 11.3 Å². The van der Waals surface area contributed by atoms with Crippen LogP contribution in [-0.2, 0) is 4.79 Å². The van der Waals surface area contributed by atoms with Gasteiger partial charge in [-0.2, -0.15) is 0 Å². The second-order valence-corrected chi connectivity index (χ2v) is 7.10. The van der Waals surface area contributed by atoms with Crippen LogP contribution in [0.15, 0.2) is 30.3 Å². The van der Waals surface area contributed by atoms with Gasteiger partial charge in [0.25, 0.3) is 0 Å². The highest BCUT2D eigenvalue weighted by Gasteiger charge is 2.32. The summed E-state index contributed by atoms with van der Waals surface area (Å²) in [5.74, 6) is 0.342. The van der Waals surface area contributed by atoms with Gasteiger partial charge in [0, 0.05) is 22.0 Å². The summed E-state index contributed by atoms with van der Waals surface area (Å²) in [6.45, 7) is 0.830. The van der Waals surface area contributed by atoms with Crippen LogP contribution in [0.25, 0.3) is 10.1 Å².